The van der Waals surface area contributed by atoms with Gasteiger partial charge in [0, 0.05) is 0 Å². The second kappa shape index (κ2) is 5.96. The van der Waals surface area contributed by atoms with E-state index in [0.717, 1.165) is 44.9 Å². The quantitative estimate of drug-likeness (QED) is 0.871. The van der Waals surface area contributed by atoms with Gasteiger partial charge in [0.05, 0.1) is 10.5 Å². The molecule has 2 N–H and O–H groups in total. The summed E-state index contributed by atoms with van der Waals surface area (Å²) in [7, 11) is -3.00. The predicted molar refractivity (Wildman–Crippen MR) is 84.3 cm³/mol. The average Bonchev–Trinajstić information content (AvgIpc) is 2.91. The fourth-order valence-electron chi connectivity index (χ4n) is 4.11. The minimum absolute atomic E-state index is 0.0831. The number of hydrogen-bond acceptors (Lipinski definition) is 3. The zero-order valence-electron chi connectivity index (χ0n) is 13.3. The molecule has 0 aromatic heterocycles. The first kappa shape index (κ1) is 16.3. The van der Waals surface area contributed by atoms with Crippen LogP contribution in [0.25, 0.3) is 0 Å². The molecule has 3 nitrogen and oxygen atoms in total. The van der Waals surface area contributed by atoms with Crippen molar-refractivity contribution in [2.24, 2.45) is 23.0 Å². The molecule has 0 aliphatic heterocycles. The Morgan fingerprint density at radius 1 is 1.05 bits per heavy atom. The lowest BCUT2D eigenvalue weighted by Gasteiger charge is -2.42. The Bertz CT molecular complexity index is 418. The molecule has 20 heavy (non-hydrogen) atoms. The maximum absolute atomic E-state index is 13.0. The monoisotopic (exact) mass is 301 g/mol. The van der Waals surface area contributed by atoms with Crippen molar-refractivity contribution in [3.63, 3.8) is 0 Å². The Labute approximate surface area is 124 Å². The van der Waals surface area contributed by atoms with Crippen LogP contribution in [0.5, 0.6) is 0 Å². The van der Waals surface area contributed by atoms with E-state index in [1.165, 1.54) is 0 Å². The molecule has 0 aromatic carbocycles. The van der Waals surface area contributed by atoms with Crippen LogP contribution in [0.1, 0.15) is 65.7 Å². The van der Waals surface area contributed by atoms with E-state index in [9.17, 15) is 8.42 Å². The first-order valence-electron chi connectivity index (χ1n) is 8.19. The maximum Gasteiger partial charge on any atom is 0.156 e. The Kier molecular flexibility index (Phi) is 4.85. The molecule has 0 amide bonds. The summed E-state index contributed by atoms with van der Waals surface area (Å²) in [6.45, 7) is 7.23. The number of nitrogens with two attached hydrogens (primary N) is 1. The molecule has 2 saturated carbocycles. The van der Waals surface area contributed by atoms with E-state index in [-0.39, 0.29) is 21.8 Å². The Morgan fingerprint density at radius 2 is 1.65 bits per heavy atom. The normalized spacial score (nSPS) is 33.5. The third-order valence-corrected chi connectivity index (χ3v) is 8.47. The first-order valence-corrected chi connectivity index (χ1v) is 9.80. The van der Waals surface area contributed by atoms with Crippen LogP contribution in [-0.4, -0.2) is 25.5 Å². The lowest BCUT2D eigenvalue weighted by molar-refractivity contribution is 0.154. The molecule has 0 bridgehead atoms. The highest BCUT2D eigenvalue weighted by atomic mass is 32.2. The first-order chi connectivity index (χ1) is 9.26. The Morgan fingerprint density at radius 3 is 2.15 bits per heavy atom. The molecular weight excluding hydrogens is 270 g/mol. The minimum Gasteiger partial charge on any atom is -0.330 e. The van der Waals surface area contributed by atoms with Gasteiger partial charge in [-0.15, -0.1) is 0 Å². The van der Waals surface area contributed by atoms with Gasteiger partial charge in [0.15, 0.2) is 9.84 Å². The third-order valence-electron chi connectivity index (χ3n) is 5.64. The van der Waals surface area contributed by atoms with Crippen LogP contribution >= 0.6 is 0 Å². The predicted octanol–water partition coefficient (Wildman–Crippen LogP) is 3.13. The molecule has 4 heteroatoms. The van der Waals surface area contributed by atoms with Crippen molar-refractivity contribution in [1.82, 2.24) is 0 Å². The number of rotatable bonds is 3. The topological polar surface area (TPSA) is 60.2 Å². The van der Waals surface area contributed by atoms with Crippen LogP contribution in [0, 0.1) is 17.3 Å². The van der Waals surface area contributed by atoms with Gasteiger partial charge in [-0.25, -0.2) is 8.42 Å². The van der Waals surface area contributed by atoms with Gasteiger partial charge in [0.2, 0.25) is 0 Å². The van der Waals surface area contributed by atoms with Gasteiger partial charge in [-0.05, 0) is 55.9 Å². The largest absolute Gasteiger partial charge is 0.330 e. The van der Waals surface area contributed by atoms with Crippen LogP contribution in [0.3, 0.4) is 0 Å². The highest BCUT2D eigenvalue weighted by Gasteiger charge is 2.44. The van der Waals surface area contributed by atoms with Gasteiger partial charge >= 0.3 is 0 Å². The van der Waals surface area contributed by atoms with E-state index in [1.54, 1.807) is 0 Å². The van der Waals surface area contributed by atoms with Gasteiger partial charge in [0.25, 0.3) is 0 Å². The molecule has 0 radical (unpaired) electrons. The van der Waals surface area contributed by atoms with E-state index in [0.29, 0.717) is 12.5 Å². The van der Waals surface area contributed by atoms with Crippen molar-refractivity contribution in [2.75, 3.05) is 6.54 Å². The SMILES string of the molecule is CC(C)(C)C1CCC(CN)C(S(=O)(=O)C2CCCC2)C1. The maximum atomic E-state index is 13.0. The van der Waals surface area contributed by atoms with E-state index in [1.807, 2.05) is 0 Å². The summed E-state index contributed by atoms with van der Waals surface area (Å²) in [5, 5.41) is -0.270. The molecule has 2 aliphatic carbocycles. The van der Waals surface area contributed by atoms with E-state index in [4.69, 9.17) is 5.73 Å². The molecular formula is C16H31NO2S. The summed E-state index contributed by atoms with van der Waals surface area (Å²) in [6.07, 6.45) is 6.83. The molecule has 0 spiro atoms. The van der Waals surface area contributed by atoms with Gasteiger partial charge in [-0.3, -0.25) is 0 Å². The summed E-state index contributed by atoms with van der Waals surface area (Å²) >= 11 is 0. The van der Waals surface area contributed by atoms with Crippen LogP contribution < -0.4 is 5.73 Å². The molecule has 2 aliphatic rings. The van der Waals surface area contributed by atoms with Crippen molar-refractivity contribution in [2.45, 2.75) is 76.2 Å². The summed E-state index contributed by atoms with van der Waals surface area (Å²) < 4.78 is 25.9. The Hall–Kier alpha value is -0.0900. The Balaban J connectivity index is 2.20. The average molecular weight is 301 g/mol. The highest BCUT2D eigenvalue weighted by Crippen LogP contribution is 2.44. The standard InChI is InChI=1S/C16H31NO2S/c1-16(2,3)13-9-8-12(11-17)15(10-13)20(18,19)14-6-4-5-7-14/h12-15H,4-11,17H2,1-3H3. The second-order valence-corrected chi connectivity index (χ2v) is 10.4. The molecule has 2 rings (SSSR count). The highest BCUT2D eigenvalue weighted by molar-refractivity contribution is 7.92. The van der Waals surface area contributed by atoms with Crippen molar-refractivity contribution < 1.29 is 8.42 Å². The minimum atomic E-state index is -3.00. The zero-order valence-corrected chi connectivity index (χ0v) is 14.1. The van der Waals surface area contributed by atoms with Gasteiger partial charge < -0.3 is 5.73 Å². The fraction of sp³-hybridized carbons (Fsp3) is 1.00. The smallest absolute Gasteiger partial charge is 0.156 e. The molecule has 3 unspecified atom stereocenters. The van der Waals surface area contributed by atoms with Crippen molar-refractivity contribution in [3.05, 3.63) is 0 Å². The molecule has 118 valence electrons. The molecule has 0 saturated heterocycles. The molecule has 2 fully saturated rings. The van der Waals surface area contributed by atoms with Crippen LogP contribution in [0.15, 0.2) is 0 Å². The molecule has 0 aromatic rings. The van der Waals surface area contributed by atoms with Crippen LogP contribution in [0.2, 0.25) is 0 Å². The fourth-order valence-corrected chi connectivity index (χ4v) is 6.88. The van der Waals surface area contributed by atoms with E-state index < -0.39 is 9.84 Å². The van der Waals surface area contributed by atoms with Crippen molar-refractivity contribution >= 4 is 9.84 Å². The van der Waals surface area contributed by atoms with Crippen LogP contribution in [0.4, 0.5) is 0 Å². The van der Waals surface area contributed by atoms with Crippen LogP contribution in [-0.2, 0) is 9.84 Å². The lowest BCUT2D eigenvalue weighted by atomic mass is 9.69. The molecule has 3 atom stereocenters. The summed E-state index contributed by atoms with van der Waals surface area (Å²) in [4.78, 5) is 0. The lowest BCUT2D eigenvalue weighted by Crippen LogP contribution is -2.45. The van der Waals surface area contributed by atoms with E-state index in [2.05, 4.69) is 20.8 Å². The third kappa shape index (κ3) is 3.22. The van der Waals surface area contributed by atoms with Gasteiger partial charge in [-0.2, -0.15) is 0 Å². The van der Waals surface area contributed by atoms with E-state index >= 15 is 0 Å². The van der Waals surface area contributed by atoms with Crippen molar-refractivity contribution in [1.29, 1.82) is 0 Å². The second-order valence-electron chi connectivity index (χ2n) is 7.91. The number of hydrogen-bond donors (Lipinski definition) is 1. The van der Waals surface area contributed by atoms with Crippen molar-refractivity contribution in [3.8, 4) is 0 Å². The summed E-state index contributed by atoms with van der Waals surface area (Å²) in [5.74, 6) is 0.686. The summed E-state index contributed by atoms with van der Waals surface area (Å²) in [6, 6.07) is 0. The van der Waals surface area contributed by atoms with Gasteiger partial charge in [-0.1, -0.05) is 33.6 Å². The molecule has 0 heterocycles. The van der Waals surface area contributed by atoms with Gasteiger partial charge in [0.1, 0.15) is 0 Å². The number of sulfone groups is 1. The summed E-state index contributed by atoms with van der Waals surface area (Å²) in [5.41, 5.74) is 6.08. The zero-order chi connectivity index (χ0) is 15.0.